The molecule has 2 atom stereocenters. The van der Waals surface area contributed by atoms with Gasteiger partial charge >= 0.3 is 5.97 Å². The van der Waals surface area contributed by atoms with Crippen LogP contribution in [0.3, 0.4) is 0 Å². The van der Waals surface area contributed by atoms with Crippen molar-refractivity contribution in [3.63, 3.8) is 0 Å². The van der Waals surface area contributed by atoms with Gasteiger partial charge in [0.2, 0.25) is 5.91 Å². The molecule has 122 valence electrons. The summed E-state index contributed by atoms with van der Waals surface area (Å²) < 4.78 is 5.25. The van der Waals surface area contributed by atoms with Crippen molar-refractivity contribution in [2.45, 2.75) is 52.6 Å². The predicted octanol–water partition coefficient (Wildman–Crippen LogP) is 1.57. The fraction of sp³-hybridized carbons (Fsp3) is 0.533. The van der Waals surface area contributed by atoms with Crippen molar-refractivity contribution in [3.05, 3.63) is 23.2 Å². The van der Waals surface area contributed by atoms with Crippen LogP contribution in [0.1, 0.15) is 60.8 Å². The van der Waals surface area contributed by atoms with Crippen molar-refractivity contribution >= 4 is 17.8 Å². The standard InChI is InChI=1S/C15H22N2O5/c1-5-8(3)16-13(18)9(4)17-14(19)12-7-10(15(20)21)11(6-2)22-12/h7-9H,5-6H2,1-4H3,(H,16,18)(H,17,19)(H,20,21). The van der Waals surface area contributed by atoms with Crippen LogP contribution in [0.2, 0.25) is 0 Å². The van der Waals surface area contributed by atoms with Gasteiger partial charge in [-0.1, -0.05) is 13.8 Å². The fourth-order valence-electron chi connectivity index (χ4n) is 1.79. The number of carboxylic acid groups (broad SMARTS) is 1. The Morgan fingerprint density at radius 3 is 2.32 bits per heavy atom. The molecule has 0 saturated heterocycles. The zero-order chi connectivity index (χ0) is 16.9. The molecule has 0 fully saturated rings. The van der Waals surface area contributed by atoms with Crippen LogP contribution in [0.25, 0.3) is 0 Å². The van der Waals surface area contributed by atoms with Gasteiger partial charge < -0.3 is 20.2 Å². The maximum atomic E-state index is 12.0. The number of aromatic carboxylic acids is 1. The first kappa shape index (κ1) is 17.7. The number of carboxylic acids is 1. The Morgan fingerprint density at radius 2 is 1.86 bits per heavy atom. The lowest BCUT2D eigenvalue weighted by atomic mass is 10.2. The van der Waals surface area contributed by atoms with Crippen molar-refractivity contribution in [1.82, 2.24) is 10.6 Å². The molecule has 2 unspecified atom stereocenters. The van der Waals surface area contributed by atoms with Crippen molar-refractivity contribution < 1.29 is 23.9 Å². The van der Waals surface area contributed by atoms with Gasteiger partial charge in [-0.05, 0) is 20.3 Å². The largest absolute Gasteiger partial charge is 0.478 e. The number of aryl methyl sites for hydroxylation is 1. The third kappa shape index (κ3) is 4.34. The molecule has 7 nitrogen and oxygen atoms in total. The van der Waals surface area contributed by atoms with E-state index >= 15 is 0 Å². The highest BCUT2D eigenvalue weighted by Crippen LogP contribution is 2.16. The van der Waals surface area contributed by atoms with E-state index in [1.165, 1.54) is 6.07 Å². The van der Waals surface area contributed by atoms with Crippen molar-refractivity contribution in [1.29, 1.82) is 0 Å². The summed E-state index contributed by atoms with van der Waals surface area (Å²) in [6.45, 7) is 7.09. The third-order valence-electron chi connectivity index (χ3n) is 3.33. The first-order chi connectivity index (χ1) is 10.3. The Balaban J connectivity index is 2.76. The van der Waals surface area contributed by atoms with E-state index in [1.54, 1.807) is 13.8 Å². The lowest BCUT2D eigenvalue weighted by Crippen LogP contribution is -2.47. The van der Waals surface area contributed by atoms with Gasteiger partial charge in [0.15, 0.2) is 5.76 Å². The highest BCUT2D eigenvalue weighted by molar-refractivity contribution is 5.98. The monoisotopic (exact) mass is 310 g/mol. The van der Waals surface area contributed by atoms with E-state index in [1.807, 2.05) is 13.8 Å². The summed E-state index contributed by atoms with van der Waals surface area (Å²) in [5.74, 6) is -1.95. The van der Waals surface area contributed by atoms with Crippen LogP contribution >= 0.6 is 0 Å². The predicted molar refractivity (Wildman–Crippen MR) is 79.9 cm³/mol. The first-order valence-electron chi connectivity index (χ1n) is 7.27. The minimum atomic E-state index is -1.15. The molecule has 0 radical (unpaired) electrons. The zero-order valence-electron chi connectivity index (χ0n) is 13.2. The van der Waals surface area contributed by atoms with E-state index in [0.717, 1.165) is 6.42 Å². The van der Waals surface area contributed by atoms with Gasteiger partial charge in [-0.3, -0.25) is 9.59 Å². The molecule has 0 aliphatic carbocycles. The highest BCUT2D eigenvalue weighted by atomic mass is 16.4. The molecule has 0 aliphatic rings. The second-order valence-corrected chi connectivity index (χ2v) is 5.12. The van der Waals surface area contributed by atoms with Crippen molar-refractivity contribution in [2.24, 2.45) is 0 Å². The second-order valence-electron chi connectivity index (χ2n) is 5.12. The molecular formula is C15H22N2O5. The van der Waals surface area contributed by atoms with Crippen molar-refractivity contribution in [3.8, 4) is 0 Å². The van der Waals surface area contributed by atoms with Crippen LogP contribution in [-0.2, 0) is 11.2 Å². The molecule has 1 heterocycles. The molecule has 0 spiro atoms. The second kappa shape index (κ2) is 7.63. The van der Waals surface area contributed by atoms with E-state index in [2.05, 4.69) is 10.6 Å². The molecule has 0 bridgehead atoms. The van der Waals surface area contributed by atoms with Gasteiger partial charge in [0, 0.05) is 18.5 Å². The van der Waals surface area contributed by atoms with Crippen LogP contribution in [0, 0.1) is 0 Å². The van der Waals surface area contributed by atoms with Gasteiger partial charge in [-0.15, -0.1) is 0 Å². The zero-order valence-corrected chi connectivity index (χ0v) is 13.2. The summed E-state index contributed by atoms with van der Waals surface area (Å²) in [5, 5.41) is 14.3. The quantitative estimate of drug-likeness (QED) is 0.708. The Kier molecular flexibility index (Phi) is 6.15. The number of hydrogen-bond donors (Lipinski definition) is 3. The van der Waals surface area contributed by atoms with E-state index in [-0.39, 0.29) is 29.0 Å². The maximum absolute atomic E-state index is 12.0. The summed E-state index contributed by atoms with van der Waals surface area (Å²) in [6.07, 6.45) is 1.14. The molecule has 3 N–H and O–H groups in total. The van der Waals surface area contributed by atoms with E-state index in [0.29, 0.717) is 6.42 Å². The van der Waals surface area contributed by atoms with Gasteiger partial charge in [0.1, 0.15) is 17.4 Å². The number of amides is 2. The number of hydrogen-bond acceptors (Lipinski definition) is 4. The van der Waals surface area contributed by atoms with Gasteiger partial charge in [-0.25, -0.2) is 4.79 Å². The lowest BCUT2D eigenvalue weighted by Gasteiger charge is -2.16. The molecule has 0 saturated carbocycles. The van der Waals surface area contributed by atoms with Crippen LogP contribution < -0.4 is 10.6 Å². The van der Waals surface area contributed by atoms with Crippen LogP contribution in [0.4, 0.5) is 0 Å². The molecule has 1 aromatic rings. The molecule has 0 aliphatic heterocycles. The summed E-state index contributed by atoms with van der Waals surface area (Å²) >= 11 is 0. The average Bonchev–Trinajstić information content (AvgIpc) is 2.91. The average molecular weight is 310 g/mol. The van der Waals surface area contributed by atoms with Crippen LogP contribution in [0.15, 0.2) is 10.5 Å². The summed E-state index contributed by atoms with van der Waals surface area (Å²) in [4.78, 5) is 35.0. The Hall–Kier alpha value is -2.31. The molecule has 1 rings (SSSR count). The Labute approximate surface area is 129 Å². The van der Waals surface area contributed by atoms with Gasteiger partial charge in [-0.2, -0.15) is 0 Å². The lowest BCUT2D eigenvalue weighted by molar-refractivity contribution is -0.123. The summed E-state index contributed by atoms with van der Waals surface area (Å²) in [7, 11) is 0. The molecular weight excluding hydrogens is 288 g/mol. The van der Waals surface area contributed by atoms with Gasteiger partial charge in [0.05, 0.1) is 0 Å². The smallest absolute Gasteiger partial charge is 0.339 e. The number of carbonyl (C=O) groups is 3. The minimum absolute atomic E-state index is 0.0146. The van der Waals surface area contributed by atoms with Crippen molar-refractivity contribution in [2.75, 3.05) is 0 Å². The number of nitrogens with one attached hydrogen (secondary N) is 2. The van der Waals surface area contributed by atoms with E-state index < -0.39 is 17.9 Å². The first-order valence-corrected chi connectivity index (χ1v) is 7.27. The molecule has 1 aromatic heterocycles. The number of carbonyl (C=O) groups excluding carboxylic acids is 2. The number of rotatable bonds is 7. The summed E-state index contributed by atoms with van der Waals surface area (Å²) in [6, 6.07) is 0.446. The minimum Gasteiger partial charge on any atom is -0.478 e. The third-order valence-corrected chi connectivity index (χ3v) is 3.33. The SMILES string of the molecule is CCc1oc(C(=O)NC(C)C(=O)NC(C)CC)cc1C(=O)O. The molecule has 2 amide bonds. The normalized spacial score (nSPS) is 13.3. The highest BCUT2D eigenvalue weighted by Gasteiger charge is 2.23. The topological polar surface area (TPSA) is 109 Å². The Bertz CT molecular complexity index is 564. The molecule has 0 aromatic carbocycles. The van der Waals surface area contributed by atoms with Crippen LogP contribution in [-0.4, -0.2) is 35.0 Å². The molecule has 7 heteroatoms. The van der Waals surface area contributed by atoms with Gasteiger partial charge in [0.25, 0.3) is 5.91 Å². The molecule has 22 heavy (non-hydrogen) atoms. The fourth-order valence-corrected chi connectivity index (χ4v) is 1.79. The number of furan rings is 1. The van der Waals surface area contributed by atoms with E-state index in [9.17, 15) is 14.4 Å². The Morgan fingerprint density at radius 1 is 1.23 bits per heavy atom. The van der Waals surface area contributed by atoms with Crippen LogP contribution in [0.5, 0.6) is 0 Å². The van der Waals surface area contributed by atoms with E-state index in [4.69, 9.17) is 9.52 Å². The summed E-state index contributed by atoms with van der Waals surface area (Å²) in [5.41, 5.74) is -0.0376. The maximum Gasteiger partial charge on any atom is 0.339 e.